The molecule has 0 bridgehead atoms. The van der Waals surface area contributed by atoms with E-state index in [1.54, 1.807) is 0 Å². The van der Waals surface area contributed by atoms with Crippen molar-refractivity contribution in [2.45, 2.75) is 25.9 Å². The second-order valence-corrected chi connectivity index (χ2v) is 9.29. The predicted octanol–water partition coefficient (Wildman–Crippen LogP) is 8.91. The van der Waals surface area contributed by atoms with E-state index in [-0.39, 0.29) is 35.6 Å². The fourth-order valence-electron chi connectivity index (χ4n) is 3.77. The van der Waals surface area contributed by atoms with Gasteiger partial charge in [-0.05, 0) is 36.8 Å². The van der Waals surface area contributed by atoms with Crippen LogP contribution in [0.4, 0.5) is 43.9 Å². The SMILES string of the molecule is CCCCOc1cc(F)c(C#Cc2ccc(C#Cc3cc(F)c(C(F)(F)Oc4cc(F)c(F)c(F)c4)c(F)c3)c(F)c2)c(F)c1. The van der Waals surface area contributed by atoms with Crippen LogP contribution in [0, 0.1) is 70.2 Å². The minimum Gasteiger partial charge on any atom is -0.493 e. The van der Waals surface area contributed by atoms with Gasteiger partial charge in [0.2, 0.25) is 0 Å². The second-order valence-electron chi connectivity index (χ2n) is 9.29. The quantitative estimate of drug-likeness (QED) is 0.0874. The van der Waals surface area contributed by atoms with Crippen LogP contribution in [-0.4, -0.2) is 6.61 Å². The zero-order valence-electron chi connectivity index (χ0n) is 22.9. The molecule has 0 saturated heterocycles. The number of unbranched alkanes of at least 4 members (excludes halogenated alkanes) is 1. The summed E-state index contributed by atoms with van der Waals surface area (Å²) in [6.45, 7) is 2.20. The van der Waals surface area contributed by atoms with Gasteiger partial charge >= 0.3 is 6.11 Å². The zero-order valence-corrected chi connectivity index (χ0v) is 22.9. The fraction of sp³-hybridized carbons (Fsp3) is 0.152. The van der Waals surface area contributed by atoms with Crippen LogP contribution in [0.3, 0.4) is 0 Å². The van der Waals surface area contributed by atoms with E-state index in [9.17, 15) is 43.9 Å². The van der Waals surface area contributed by atoms with E-state index >= 15 is 0 Å². The highest BCUT2D eigenvalue weighted by Crippen LogP contribution is 2.36. The molecule has 0 aliphatic heterocycles. The van der Waals surface area contributed by atoms with Gasteiger partial charge in [0.05, 0.1) is 17.7 Å². The molecule has 45 heavy (non-hydrogen) atoms. The molecule has 0 aliphatic rings. The number of hydrogen-bond acceptors (Lipinski definition) is 2. The highest BCUT2D eigenvalue weighted by Gasteiger charge is 2.41. The van der Waals surface area contributed by atoms with Crippen molar-refractivity contribution in [2.24, 2.45) is 0 Å². The van der Waals surface area contributed by atoms with E-state index in [0.717, 1.165) is 30.7 Å². The Kier molecular flexibility index (Phi) is 9.98. The lowest BCUT2D eigenvalue weighted by Crippen LogP contribution is -2.25. The monoisotopic (exact) mass is 636 g/mol. The van der Waals surface area contributed by atoms with E-state index < -0.39 is 75.1 Å². The van der Waals surface area contributed by atoms with Gasteiger partial charge < -0.3 is 9.47 Å². The molecule has 0 aromatic heterocycles. The Balaban J connectivity index is 1.52. The van der Waals surface area contributed by atoms with Crippen molar-refractivity contribution in [1.29, 1.82) is 0 Å². The standard InChI is InChI=1S/C33H18F10O2/c1-2-3-10-44-21-14-25(35)23(26(36)15-21)9-6-18-4-7-20(24(34)11-18)8-5-19-12-27(37)31(28(38)13-19)33(42,43)45-22-16-29(39)32(41)30(40)17-22/h4,7,11-17H,2-3,10H2,1H3. The van der Waals surface area contributed by atoms with Crippen molar-refractivity contribution in [3.8, 4) is 35.2 Å². The first kappa shape index (κ1) is 32.8. The maximum atomic E-state index is 14.6. The molecule has 4 aromatic rings. The highest BCUT2D eigenvalue weighted by molar-refractivity contribution is 5.50. The van der Waals surface area contributed by atoms with Crippen molar-refractivity contribution in [3.63, 3.8) is 0 Å². The molecule has 4 rings (SSSR count). The molecule has 2 nitrogen and oxygen atoms in total. The maximum absolute atomic E-state index is 14.6. The topological polar surface area (TPSA) is 18.5 Å². The number of ether oxygens (including phenoxy) is 2. The minimum atomic E-state index is -4.80. The van der Waals surface area contributed by atoms with Crippen LogP contribution in [0.15, 0.2) is 54.6 Å². The molecule has 0 amide bonds. The average Bonchev–Trinajstić information content (AvgIpc) is 2.94. The van der Waals surface area contributed by atoms with E-state index in [4.69, 9.17) is 4.74 Å². The van der Waals surface area contributed by atoms with Gasteiger partial charge in [0.25, 0.3) is 0 Å². The predicted molar refractivity (Wildman–Crippen MR) is 142 cm³/mol. The first-order chi connectivity index (χ1) is 21.3. The second kappa shape index (κ2) is 13.7. The smallest absolute Gasteiger partial charge is 0.432 e. The maximum Gasteiger partial charge on any atom is 0.432 e. The van der Waals surface area contributed by atoms with Crippen molar-refractivity contribution < 1.29 is 53.4 Å². The van der Waals surface area contributed by atoms with Gasteiger partial charge in [-0.15, -0.1) is 0 Å². The van der Waals surface area contributed by atoms with Crippen LogP contribution in [0.25, 0.3) is 0 Å². The summed E-state index contributed by atoms with van der Waals surface area (Å²) in [7, 11) is 0. The van der Waals surface area contributed by atoms with Crippen LogP contribution in [0.2, 0.25) is 0 Å². The van der Waals surface area contributed by atoms with Crippen LogP contribution in [0.1, 0.15) is 47.6 Å². The number of hydrogen-bond donors (Lipinski definition) is 0. The molecule has 4 aromatic carbocycles. The van der Waals surface area contributed by atoms with Gasteiger partial charge in [-0.2, -0.15) is 8.78 Å². The molecule has 0 aliphatic carbocycles. The van der Waals surface area contributed by atoms with E-state index in [0.29, 0.717) is 18.6 Å². The number of rotatable bonds is 7. The molecular formula is C33H18F10O2. The fourth-order valence-corrected chi connectivity index (χ4v) is 3.77. The Labute approximate surface area is 250 Å². The minimum absolute atomic E-state index is 0.00436. The number of alkyl halides is 2. The third-order valence-corrected chi connectivity index (χ3v) is 5.96. The van der Waals surface area contributed by atoms with Crippen molar-refractivity contribution in [3.05, 3.63) is 129 Å². The highest BCUT2D eigenvalue weighted by atomic mass is 19.3. The molecule has 12 heteroatoms. The Morgan fingerprint density at radius 3 is 1.73 bits per heavy atom. The van der Waals surface area contributed by atoms with E-state index in [1.165, 1.54) is 6.07 Å². The number of benzene rings is 4. The van der Waals surface area contributed by atoms with Crippen LogP contribution >= 0.6 is 0 Å². The molecular weight excluding hydrogens is 618 g/mol. The van der Waals surface area contributed by atoms with Gasteiger partial charge in [-0.3, -0.25) is 0 Å². The summed E-state index contributed by atoms with van der Waals surface area (Å²) in [4.78, 5) is 0. The zero-order chi connectivity index (χ0) is 32.9. The van der Waals surface area contributed by atoms with E-state index in [2.05, 4.69) is 28.4 Å². The summed E-state index contributed by atoms with van der Waals surface area (Å²) < 4.78 is 150. The summed E-state index contributed by atoms with van der Waals surface area (Å²) in [6, 6.07) is 6.10. The molecule has 0 spiro atoms. The Morgan fingerprint density at radius 1 is 0.600 bits per heavy atom. The largest absolute Gasteiger partial charge is 0.493 e. The van der Waals surface area contributed by atoms with Crippen molar-refractivity contribution >= 4 is 0 Å². The Bertz CT molecular complexity index is 1810. The van der Waals surface area contributed by atoms with Gasteiger partial charge in [-0.1, -0.05) is 37.0 Å². The molecule has 0 atom stereocenters. The van der Waals surface area contributed by atoms with Crippen molar-refractivity contribution in [2.75, 3.05) is 6.61 Å². The molecule has 232 valence electrons. The Morgan fingerprint density at radius 2 is 1.16 bits per heavy atom. The third-order valence-electron chi connectivity index (χ3n) is 5.96. The lowest BCUT2D eigenvalue weighted by molar-refractivity contribution is -0.189. The summed E-state index contributed by atoms with van der Waals surface area (Å²) in [5.74, 6) is -4.45. The van der Waals surface area contributed by atoms with Crippen LogP contribution in [-0.2, 0) is 6.11 Å². The first-order valence-electron chi connectivity index (χ1n) is 13.0. The lowest BCUT2D eigenvalue weighted by atomic mass is 10.1. The third kappa shape index (κ3) is 7.90. The summed E-state index contributed by atoms with van der Waals surface area (Å²) in [5.41, 5.74) is -3.30. The van der Waals surface area contributed by atoms with Crippen LogP contribution in [0.5, 0.6) is 11.5 Å². The normalized spacial score (nSPS) is 10.9. The van der Waals surface area contributed by atoms with Gasteiger partial charge in [0, 0.05) is 35.4 Å². The molecule has 0 heterocycles. The van der Waals surface area contributed by atoms with Crippen molar-refractivity contribution in [1.82, 2.24) is 0 Å². The average molecular weight is 636 g/mol. The van der Waals surface area contributed by atoms with E-state index in [1.807, 2.05) is 6.92 Å². The van der Waals surface area contributed by atoms with Gasteiger partial charge in [0.1, 0.15) is 46.1 Å². The Hall–Kier alpha value is -5.10. The van der Waals surface area contributed by atoms with Crippen LogP contribution < -0.4 is 9.47 Å². The number of halogens is 10. The lowest BCUT2D eigenvalue weighted by Gasteiger charge is -2.19. The molecule has 0 radical (unpaired) electrons. The summed E-state index contributed by atoms with van der Waals surface area (Å²) in [5, 5.41) is 0. The molecule has 0 saturated carbocycles. The summed E-state index contributed by atoms with van der Waals surface area (Å²) in [6.07, 6.45) is -3.27. The first-order valence-corrected chi connectivity index (χ1v) is 13.0. The molecule has 0 N–H and O–H groups in total. The molecule has 0 fully saturated rings. The van der Waals surface area contributed by atoms with Gasteiger partial charge in [0.15, 0.2) is 17.5 Å². The summed E-state index contributed by atoms with van der Waals surface area (Å²) >= 11 is 0. The van der Waals surface area contributed by atoms with Gasteiger partial charge in [-0.25, -0.2) is 35.1 Å². The molecule has 0 unspecified atom stereocenters.